The molecular weight excluding hydrogens is 500 g/mol. The molecule has 1 heterocycles. The first-order valence-corrected chi connectivity index (χ1v) is 13.9. The van der Waals surface area contributed by atoms with E-state index in [-0.39, 0.29) is 30.3 Å². The number of carbonyl (C=O) groups is 1. The highest BCUT2D eigenvalue weighted by molar-refractivity contribution is 7.89. The lowest BCUT2D eigenvalue weighted by atomic mass is 10.0. The van der Waals surface area contributed by atoms with Crippen molar-refractivity contribution < 1.29 is 23.4 Å². The minimum Gasteiger partial charge on any atom is -0.465 e. The fourth-order valence-corrected chi connectivity index (χ4v) is 6.09. The summed E-state index contributed by atoms with van der Waals surface area (Å²) in [5.74, 6) is -0.0128. The van der Waals surface area contributed by atoms with Crippen molar-refractivity contribution >= 4 is 32.6 Å². The van der Waals surface area contributed by atoms with Crippen molar-refractivity contribution in [2.24, 2.45) is 5.92 Å². The Kier molecular flexibility index (Phi) is 9.43. The van der Waals surface area contributed by atoms with Gasteiger partial charge >= 0.3 is 6.09 Å². The fraction of sp³-hybridized carbons (Fsp3) is 0.360. The minimum atomic E-state index is -3.96. The van der Waals surface area contributed by atoms with E-state index >= 15 is 0 Å². The molecule has 0 saturated heterocycles. The van der Waals surface area contributed by atoms with Crippen molar-refractivity contribution in [2.45, 2.75) is 37.3 Å². The summed E-state index contributed by atoms with van der Waals surface area (Å²) in [6.45, 7) is 3.69. The number of nitrogens with one attached hydrogen (secondary N) is 2. The number of thiazole rings is 1. The molecule has 1 amide bonds. The third kappa shape index (κ3) is 7.26. The standard InChI is InChI=1S/C25H32N4O5S2/c1-17(2)14-29(15-23(30)21(28-25(31)32)13-18-7-5-4-6-8-18)36(33,34)20-11-9-19(10-12-20)22-16-35-24(26-3)27-22/h4-12,16-17,21,23,28,30H,13-15H2,1-3H3,(H,26,27)(H,31,32)/t21-,23-/m0/s1. The Morgan fingerprint density at radius 2 is 1.75 bits per heavy atom. The van der Waals surface area contributed by atoms with Crippen molar-refractivity contribution in [3.8, 4) is 11.3 Å². The highest BCUT2D eigenvalue weighted by atomic mass is 32.2. The number of aliphatic hydroxyl groups is 1. The van der Waals surface area contributed by atoms with Gasteiger partial charge in [0.05, 0.1) is 22.7 Å². The van der Waals surface area contributed by atoms with Crippen molar-refractivity contribution in [3.63, 3.8) is 0 Å². The molecule has 194 valence electrons. The molecule has 2 aromatic carbocycles. The highest BCUT2D eigenvalue weighted by Gasteiger charge is 2.31. The van der Waals surface area contributed by atoms with Crippen molar-refractivity contribution in [1.82, 2.24) is 14.6 Å². The van der Waals surface area contributed by atoms with Crippen LogP contribution < -0.4 is 10.6 Å². The first kappa shape index (κ1) is 27.6. The van der Waals surface area contributed by atoms with Crippen LogP contribution in [-0.4, -0.2) is 66.3 Å². The molecule has 0 aliphatic carbocycles. The summed E-state index contributed by atoms with van der Waals surface area (Å²) in [7, 11) is -2.17. The number of hydrogen-bond donors (Lipinski definition) is 4. The zero-order valence-electron chi connectivity index (χ0n) is 20.5. The smallest absolute Gasteiger partial charge is 0.404 e. The van der Waals surface area contributed by atoms with Gasteiger partial charge in [-0.05, 0) is 30.0 Å². The first-order chi connectivity index (χ1) is 17.1. The van der Waals surface area contributed by atoms with Crippen LogP contribution in [0.25, 0.3) is 11.3 Å². The van der Waals surface area contributed by atoms with Crippen LogP contribution in [-0.2, 0) is 16.4 Å². The van der Waals surface area contributed by atoms with E-state index < -0.39 is 28.3 Å². The predicted molar refractivity (Wildman–Crippen MR) is 142 cm³/mol. The molecule has 3 rings (SSSR count). The molecule has 0 unspecified atom stereocenters. The van der Waals surface area contributed by atoms with E-state index in [1.165, 1.54) is 27.8 Å². The van der Waals surface area contributed by atoms with Crippen LogP contribution in [0.2, 0.25) is 0 Å². The van der Waals surface area contributed by atoms with E-state index in [9.17, 15) is 23.4 Å². The monoisotopic (exact) mass is 532 g/mol. The van der Waals surface area contributed by atoms with Crippen LogP contribution in [0.1, 0.15) is 19.4 Å². The van der Waals surface area contributed by atoms with Crippen LogP contribution in [0, 0.1) is 5.92 Å². The molecule has 3 aromatic rings. The SMILES string of the molecule is CNc1nc(-c2ccc(S(=O)(=O)N(CC(C)C)C[C@H](O)[C@H](Cc3ccccc3)NC(=O)O)cc2)cs1. The second kappa shape index (κ2) is 12.3. The number of aliphatic hydroxyl groups excluding tert-OH is 1. The molecule has 1 aromatic heterocycles. The summed E-state index contributed by atoms with van der Waals surface area (Å²) in [4.78, 5) is 15.9. The van der Waals surface area contributed by atoms with Crippen molar-refractivity contribution in [3.05, 3.63) is 65.5 Å². The van der Waals surface area contributed by atoms with Crippen LogP contribution in [0.3, 0.4) is 0 Å². The minimum absolute atomic E-state index is 0.0128. The van der Waals surface area contributed by atoms with E-state index in [2.05, 4.69) is 15.6 Å². The molecule has 0 bridgehead atoms. The molecular formula is C25H32N4O5S2. The molecule has 0 saturated carbocycles. The van der Waals surface area contributed by atoms with Gasteiger partial charge < -0.3 is 20.8 Å². The van der Waals surface area contributed by atoms with Gasteiger partial charge in [-0.25, -0.2) is 18.2 Å². The molecule has 9 nitrogen and oxygen atoms in total. The third-order valence-corrected chi connectivity index (χ3v) is 8.24. The quantitative estimate of drug-likeness (QED) is 0.279. The Hall–Kier alpha value is -2.99. The average Bonchev–Trinajstić information content (AvgIpc) is 3.33. The second-order valence-electron chi connectivity index (χ2n) is 8.84. The maximum absolute atomic E-state index is 13.6. The Morgan fingerprint density at radius 1 is 1.08 bits per heavy atom. The summed E-state index contributed by atoms with van der Waals surface area (Å²) >= 11 is 1.46. The van der Waals surface area contributed by atoms with E-state index in [1.807, 2.05) is 49.6 Å². The summed E-state index contributed by atoms with van der Waals surface area (Å²) in [6.07, 6.45) is -2.32. The molecule has 11 heteroatoms. The first-order valence-electron chi connectivity index (χ1n) is 11.6. The highest BCUT2D eigenvalue weighted by Crippen LogP contribution is 2.27. The number of carboxylic acid groups (broad SMARTS) is 1. The van der Waals surface area contributed by atoms with Gasteiger partial charge in [-0.2, -0.15) is 4.31 Å². The van der Waals surface area contributed by atoms with Crippen LogP contribution >= 0.6 is 11.3 Å². The Bertz CT molecular complexity index is 1230. The molecule has 0 aliphatic heterocycles. The molecule has 0 fully saturated rings. The van der Waals surface area contributed by atoms with Crippen molar-refractivity contribution in [1.29, 1.82) is 0 Å². The van der Waals surface area contributed by atoms with Crippen LogP contribution in [0.4, 0.5) is 9.93 Å². The molecule has 4 N–H and O–H groups in total. The summed E-state index contributed by atoms with van der Waals surface area (Å²) in [6, 6.07) is 14.7. The van der Waals surface area contributed by atoms with Gasteiger partial charge in [0.2, 0.25) is 10.0 Å². The van der Waals surface area contributed by atoms with Gasteiger partial charge in [0, 0.05) is 31.1 Å². The fourth-order valence-electron chi connectivity index (χ4n) is 3.79. The average molecular weight is 533 g/mol. The molecule has 0 spiro atoms. The van der Waals surface area contributed by atoms with Gasteiger partial charge in [0.15, 0.2) is 5.13 Å². The number of benzene rings is 2. The number of amides is 1. The molecule has 0 aliphatic rings. The predicted octanol–water partition coefficient (Wildman–Crippen LogP) is 3.74. The Labute approximate surface area is 215 Å². The number of aromatic nitrogens is 1. The number of hydrogen-bond acceptors (Lipinski definition) is 7. The molecule has 36 heavy (non-hydrogen) atoms. The lowest BCUT2D eigenvalue weighted by Crippen LogP contribution is -2.50. The Morgan fingerprint density at radius 3 is 2.31 bits per heavy atom. The van der Waals surface area contributed by atoms with Gasteiger partial charge in [-0.1, -0.05) is 56.3 Å². The second-order valence-corrected chi connectivity index (χ2v) is 11.6. The van der Waals surface area contributed by atoms with E-state index in [0.717, 1.165) is 22.0 Å². The summed E-state index contributed by atoms with van der Waals surface area (Å²) < 4.78 is 28.3. The summed E-state index contributed by atoms with van der Waals surface area (Å²) in [5, 5.41) is 28.3. The summed E-state index contributed by atoms with van der Waals surface area (Å²) in [5.41, 5.74) is 2.36. The number of nitrogens with zero attached hydrogens (tertiary/aromatic N) is 2. The number of sulfonamides is 1. The van der Waals surface area contributed by atoms with Gasteiger partial charge in [-0.15, -0.1) is 11.3 Å². The van der Waals surface area contributed by atoms with E-state index in [4.69, 9.17) is 0 Å². The maximum atomic E-state index is 13.6. The van der Waals surface area contributed by atoms with Gasteiger partial charge in [0.25, 0.3) is 0 Å². The maximum Gasteiger partial charge on any atom is 0.404 e. The largest absolute Gasteiger partial charge is 0.465 e. The number of rotatable bonds is 12. The van der Waals surface area contributed by atoms with Gasteiger partial charge in [0.1, 0.15) is 0 Å². The molecule has 0 radical (unpaired) electrons. The molecule has 2 atom stereocenters. The zero-order valence-corrected chi connectivity index (χ0v) is 22.1. The van der Waals surface area contributed by atoms with Gasteiger partial charge in [-0.3, -0.25) is 0 Å². The number of anilines is 1. The topological polar surface area (TPSA) is 132 Å². The Balaban J connectivity index is 1.83. The lowest BCUT2D eigenvalue weighted by molar-refractivity contribution is 0.0980. The zero-order chi connectivity index (χ0) is 26.3. The van der Waals surface area contributed by atoms with E-state index in [1.54, 1.807) is 19.2 Å². The normalized spacial score (nSPS) is 13.5. The van der Waals surface area contributed by atoms with E-state index in [0.29, 0.717) is 0 Å². The van der Waals surface area contributed by atoms with Crippen LogP contribution in [0.15, 0.2) is 64.9 Å². The van der Waals surface area contributed by atoms with Crippen LogP contribution in [0.5, 0.6) is 0 Å². The lowest BCUT2D eigenvalue weighted by Gasteiger charge is -2.30. The van der Waals surface area contributed by atoms with Crippen molar-refractivity contribution in [2.75, 3.05) is 25.5 Å². The third-order valence-electron chi connectivity index (χ3n) is 5.54.